The van der Waals surface area contributed by atoms with Crippen molar-refractivity contribution < 1.29 is 19.4 Å². The zero-order valence-electron chi connectivity index (χ0n) is 11.6. The van der Waals surface area contributed by atoms with Crippen LogP contribution in [-0.2, 0) is 9.53 Å². The second-order valence-electron chi connectivity index (χ2n) is 4.91. The van der Waals surface area contributed by atoms with Crippen LogP contribution in [0.5, 0.6) is 0 Å². The van der Waals surface area contributed by atoms with Gasteiger partial charge in [0.2, 0.25) is 0 Å². The van der Waals surface area contributed by atoms with Gasteiger partial charge in [-0.1, -0.05) is 20.3 Å². The molecule has 1 aliphatic heterocycles. The van der Waals surface area contributed by atoms with Gasteiger partial charge >= 0.3 is 12.0 Å². The van der Waals surface area contributed by atoms with Crippen molar-refractivity contribution in [2.45, 2.75) is 64.2 Å². The van der Waals surface area contributed by atoms with E-state index in [1.54, 1.807) is 0 Å². The minimum Gasteiger partial charge on any atom is -0.479 e. The summed E-state index contributed by atoms with van der Waals surface area (Å²) in [5.74, 6) is -0.930. The fraction of sp³-hybridized carbons (Fsp3) is 0.846. The highest BCUT2D eigenvalue weighted by Crippen LogP contribution is 2.19. The molecule has 0 spiro atoms. The third-order valence-corrected chi connectivity index (χ3v) is 3.34. The van der Waals surface area contributed by atoms with Crippen molar-refractivity contribution >= 4 is 12.0 Å². The lowest BCUT2D eigenvalue weighted by atomic mass is 10.1. The third kappa shape index (κ3) is 5.46. The SMILES string of the molecule is CCCC(CC)NC(=O)NCC1CCC(C(=O)O)O1. The van der Waals surface area contributed by atoms with Crippen molar-refractivity contribution in [2.75, 3.05) is 6.54 Å². The molecule has 1 heterocycles. The van der Waals surface area contributed by atoms with E-state index in [9.17, 15) is 9.59 Å². The number of rotatable bonds is 7. The number of carboxylic acids is 1. The molecular weight excluding hydrogens is 248 g/mol. The smallest absolute Gasteiger partial charge is 0.332 e. The lowest BCUT2D eigenvalue weighted by Gasteiger charge is -2.18. The van der Waals surface area contributed by atoms with Crippen LogP contribution in [0, 0.1) is 0 Å². The molecule has 2 amide bonds. The van der Waals surface area contributed by atoms with Crippen LogP contribution in [0.3, 0.4) is 0 Å². The van der Waals surface area contributed by atoms with E-state index in [-0.39, 0.29) is 18.2 Å². The molecule has 19 heavy (non-hydrogen) atoms. The molecule has 0 saturated carbocycles. The van der Waals surface area contributed by atoms with Gasteiger partial charge in [-0.2, -0.15) is 0 Å². The largest absolute Gasteiger partial charge is 0.479 e. The normalized spacial score (nSPS) is 23.9. The molecule has 110 valence electrons. The zero-order valence-corrected chi connectivity index (χ0v) is 11.6. The summed E-state index contributed by atoms with van der Waals surface area (Å²) in [5, 5.41) is 14.4. The summed E-state index contributed by atoms with van der Waals surface area (Å²) >= 11 is 0. The molecule has 6 heteroatoms. The summed E-state index contributed by atoms with van der Waals surface area (Å²) in [5.41, 5.74) is 0. The monoisotopic (exact) mass is 272 g/mol. The van der Waals surface area contributed by atoms with Gasteiger partial charge in [0.05, 0.1) is 6.10 Å². The molecule has 1 saturated heterocycles. The lowest BCUT2D eigenvalue weighted by Crippen LogP contribution is -2.44. The molecule has 3 N–H and O–H groups in total. The first-order chi connectivity index (χ1) is 9.06. The topological polar surface area (TPSA) is 87.7 Å². The minimum atomic E-state index is -0.930. The summed E-state index contributed by atoms with van der Waals surface area (Å²) in [6.07, 6.45) is 3.16. The Bertz CT molecular complexity index is 309. The molecule has 0 aliphatic carbocycles. The van der Waals surface area contributed by atoms with Gasteiger partial charge in [0.1, 0.15) is 0 Å². The lowest BCUT2D eigenvalue weighted by molar-refractivity contribution is -0.149. The highest BCUT2D eigenvalue weighted by molar-refractivity contribution is 5.74. The molecule has 3 atom stereocenters. The van der Waals surface area contributed by atoms with Gasteiger partial charge in [-0.15, -0.1) is 0 Å². The number of urea groups is 1. The van der Waals surface area contributed by atoms with Crippen LogP contribution in [0.25, 0.3) is 0 Å². The van der Waals surface area contributed by atoms with Crippen molar-refractivity contribution in [3.05, 3.63) is 0 Å². The van der Waals surface area contributed by atoms with E-state index in [2.05, 4.69) is 17.6 Å². The molecule has 0 aromatic rings. The quantitative estimate of drug-likeness (QED) is 0.655. The molecular formula is C13H24N2O4. The van der Waals surface area contributed by atoms with Crippen LogP contribution in [0.1, 0.15) is 46.0 Å². The van der Waals surface area contributed by atoms with Gasteiger partial charge < -0.3 is 20.5 Å². The Labute approximate surface area is 113 Å². The number of nitrogens with one attached hydrogen (secondary N) is 2. The Hall–Kier alpha value is -1.30. The van der Waals surface area contributed by atoms with Crippen LogP contribution in [0.15, 0.2) is 0 Å². The first kappa shape index (κ1) is 15.8. The second kappa shape index (κ2) is 7.99. The predicted molar refractivity (Wildman–Crippen MR) is 71.1 cm³/mol. The molecule has 0 aromatic heterocycles. The number of ether oxygens (including phenoxy) is 1. The highest BCUT2D eigenvalue weighted by Gasteiger charge is 2.30. The van der Waals surface area contributed by atoms with Crippen molar-refractivity contribution in [1.29, 1.82) is 0 Å². The number of carbonyl (C=O) groups is 2. The number of hydrogen-bond acceptors (Lipinski definition) is 3. The Morgan fingerprint density at radius 2 is 2.11 bits per heavy atom. The van der Waals surface area contributed by atoms with Crippen LogP contribution in [0.4, 0.5) is 4.79 Å². The molecule has 1 aliphatic rings. The maximum absolute atomic E-state index is 11.7. The summed E-state index contributed by atoms with van der Waals surface area (Å²) in [6, 6.07) is -0.0102. The van der Waals surface area contributed by atoms with Crippen LogP contribution in [-0.4, -0.2) is 41.9 Å². The van der Waals surface area contributed by atoms with E-state index in [1.165, 1.54) is 0 Å². The average molecular weight is 272 g/mol. The maximum Gasteiger partial charge on any atom is 0.332 e. The maximum atomic E-state index is 11.7. The Morgan fingerprint density at radius 1 is 1.37 bits per heavy atom. The first-order valence-corrected chi connectivity index (χ1v) is 6.99. The first-order valence-electron chi connectivity index (χ1n) is 6.99. The number of hydrogen-bond donors (Lipinski definition) is 3. The Morgan fingerprint density at radius 3 is 2.63 bits per heavy atom. The summed E-state index contributed by atoms with van der Waals surface area (Å²) in [6.45, 7) is 4.48. The fourth-order valence-corrected chi connectivity index (χ4v) is 2.21. The van der Waals surface area contributed by atoms with Crippen molar-refractivity contribution in [3.8, 4) is 0 Å². The molecule has 0 bridgehead atoms. The summed E-state index contributed by atoms with van der Waals surface area (Å²) < 4.78 is 5.31. The zero-order chi connectivity index (χ0) is 14.3. The van der Waals surface area contributed by atoms with Crippen molar-refractivity contribution in [2.24, 2.45) is 0 Å². The van der Waals surface area contributed by atoms with E-state index < -0.39 is 12.1 Å². The Balaban J connectivity index is 2.22. The molecule has 0 aromatic carbocycles. The molecule has 3 unspecified atom stereocenters. The minimum absolute atomic E-state index is 0.196. The van der Waals surface area contributed by atoms with Gasteiger partial charge in [0, 0.05) is 12.6 Å². The molecule has 1 rings (SSSR count). The van der Waals surface area contributed by atoms with Crippen molar-refractivity contribution in [1.82, 2.24) is 10.6 Å². The van der Waals surface area contributed by atoms with Crippen LogP contribution < -0.4 is 10.6 Å². The highest BCUT2D eigenvalue weighted by atomic mass is 16.5. The second-order valence-corrected chi connectivity index (χ2v) is 4.91. The van der Waals surface area contributed by atoms with E-state index in [0.717, 1.165) is 19.3 Å². The summed E-state index contributed by atoms with van der Waals surface area (Å²) in [4.78, 5) is 22.4. The number of carboxylic acid groups (broad SMARTS) is 1. The third-order valence-electron chi connectivity index (χ3n) is 3.34. The summed E-state index contributed by atoms with van der Waals surface area (Å²) in [7, 11) is 0. The van der Waals surface area contributed by atoms with Gasteiger partial charge in [0.15, 0.2) is 6.10 Å². The van der Waals surface area contributed by atoms with Crippen molar-refractivity contribution in [3.63, 3.8) is 0 Å². The number of carbonyl (C=O) groups excluding carboxylic acids is 1. The van der Waals surface area contributed by atoms with Gasteiger partial charge in [-0.05, 0) is 25.7 Å². The van der Waals surface area contributed by atoms with Gasteiger partial charge in [-0.3, -0.25) is 0 Å². The van der Waals surface area contributed by atoms with E-state index in [1.807, 2.05) is 6.92 Å². The van der Waals surface area contributed by atoms with Gasteiger partial charge in [0.25, 0.3) is 0 Å². The Kier molecular flexibility index (Phi) is 6.62. The standard InChI is InChI=1S/C13H24N2O4/c1-3-5-9(4-2)15-13(18)14-8-10-6-7-11(19-10)12(16)17/h9-11H,3-8H2,1-2H3,(H,16,17)(H2,14,15,18). The average Bonchev–Trinajstić information content (AvgIpc) is 2.84. The number of aliphatic carboxylic acids is 1. The van der Waals surface area contributed by atoms with Crippen LogP contribution in [0.2, 0.25) is 0 Å². The van der Waals surface area contributed by atoms with E-state index in [0.29, 0.717) is 19.4 Å². The van der Waals surface area contributed by atoms with E-state index >= 15 is 0 Å². The van der Waals surface area contributed by atoms with Crippen LogP contribution >= 0.6 is 0 Å². The molecule has 6 nitrogen and oxygen atoms in total. The molecule has 0 radical (unpaired) electrons. The fourth-order valence-electron chi connectivity index (χ4n) is 2.21. The van der Waals surface area contributed by atoms with E-state index in [4.69, 9.17) is 9.84 Å². The molecule has 1 fully saturated rings. The predicted octanol–water partition coefficient (Wildman–Crippen LogP) is 1.50. The number of amides is 2. The van der Waals surface area contributed by atoms with Gasteiger partial charge in [-0.25, -0.2) is 9.59 Å².